The number of rotatable bonds is 8. The van der Waals surface area contributed by atoms with Crippen molar-refractivity contribution < 1.29 is 22.8 Å². The molecule has 3 aromatic rings. The number of para-hydroxylation sites is 1. The molecule has 0 unspecified atom stereocenters. The van der Waals surface area contributed by atoms with Gasteiger partial charge >= 0.3 is 0 Å². The van der Waals surface area contributed by atoms with Crippen LogP contribution in [0.15, 0.2) is 53.4 Å². The largest absolute Gasteiger partial charge is 0.383 e. The first kappa shape index (κ1) is 21.3. The summed E-state index contributed by atoms with van der Waals surface area (Å²) in [6, 6.07) is 13.4. The lowest BCUT2D eigenvalue weighted by Crippen LogP contribution is -2.34. The van der Waals surface area contributed by atoms with Crippen molar-refractivity contribution in [3.63, 3.8) is 0 Å². The quantitative estimate of drug-likeness (QED) is 0.506. The Morgan fingerprint density at radius 2 is 1.79 bits per heavy atom. The Morgan fingerprint density at radius 1 is 1.10 bits per heavy atom. The molecule has 10 heteroatoms. The molecule has 0 radical (unpaired) electrons. The predicted molar refractivity (Wildman–Crippen MR) is 112 cm³/mol. The van der Waals surface area contributed by atoms with Gasteiger partial charge in [-0.3, -0.25) is 14.5 Å². The number of hydrogen-bond acceptors (Lipinski definition) is 7. The minimum absolute atomic E-state index is 0.0295. The van der Waals surface area contributed by atoms with Crippen molar-refractivity contribution >= 4 is 42.6 Å². The molecule has 1 heterocycles. The van der Waals surface area contributed by atoms with Gasteiger partial charge in [0.05, 0.1) is 35.4 Å². The SMILES string of the molecule is COCCN(C(=O)c1ccc(S(=O)(=O)N(C)OC)cc1)c1nc2ccccc2s1. The van der Waals surface area contributed by atoms with Gasteiger partial charge in [0, 0.05) is 19.7 Å². The number of methoxy groups -OCH3 is 1. The molecule has 154 valence electrons. The van der Waals surface area contributed by atoms with Crippen LogP contribution >= 0.6 is 11.3 Å². The highest BCUT2D eigenvalue weighted by atomic mass is 32.2. The monoisotopic (exact) mass is 435 g/mol. The smallest absolute Gasteiger partial charge is 0.264 e. The molecule has 0 bridgehead atoms. The highest BCUT2D eigenvalue weighted by molar-refractivity contribution is 7.89. The summed E-state index contributed by atoms with van der Waals surface area (Å²) in [5.74, 6) is -0.287. The fourth-order valence-corrected chi connectivity index (χ4v) is 4.58. The number of nitrogens with zero attached hydrogens (tertiary/aromatic N) is 3. The lowest BCUT2D eigenvalue weighted by Gasteiger charge is -2.20. The van der Waals surface area contributed by atoms with Gasteiger partial charge in [-0.1, -0.05) is 27.9 Å². The Hall–Kier alpha value is -2.37. The van der Waals surface area contributed by atoms with Crippen LogP contribution in [0.3, 0.4) is 0 Å². The summed E-state index contributed by atoms with van der Waals surface area (Å²) < 4.78 is 31.5. The van der Waals surface area contributed by atoms with E-state index in [0.717, 1.165) is 14.7 Å². The fourth-order valence-electron chi connectivity index (χ4n) is 2.61. The fraction of sp³-hybridized carbons (Fsp3) is 0.263. The van der Waals surface area contributed by atoms with Crippen LogP contribution in [0.4, 0.5) is 5.13 Å². The van der Waals surface area contributed by atoms with Gasteiger partial charge in [-0.15, -0.1) is 0 Å². The number of carbonyl (C=O) groups excluding carboxylic acids is 1. The summed E-state index contributed by atoms with van der Waals surface area (Å²) in [7, 11) is 0.348. The van der Waals surface area contributed by atoms with Crippen LogP contribution in [-0.2, 0) is 19.6 Å². The Labute approximate surface area is 173 Å². The maximum atomic E-state index is 13.1. The average Bonchev–Trinajstić information content (AvgIpc) is 3.17. The number of aromatic nitrogens is 1. The van der Waals surface area contributed by atoms with Gasteiger partial charge in [0.15, 0.2) is 5.13 Å². The van der Waals surface area contributed by atoms with Gasteiger partial charge in [-0.2, -0.15) is 0 Å². The molecular formula is C19H21N3O5S2. The van der Waals surface area contributed by atoms with E-state index in [1.54, 1.807) is 12.0 Å². The molecular weight excluding hydrogens is 414 g/mol. The van der Waals surface area contributed by atoms with Crippen LogP contribution in [0.5, 0.6) is 0 Å². The Kier molecular flexibility index (Phi) is 6.60. The van der Waals surface area contributed by atoms with E-state index in [-0.39, 0.29) is 10.8 Å². The number of hydroxylamine groups is 1. The van der Waals surface area contributed by atoms with E-state index in [4.69, 9.17) is 9.57 Å². The molecule has 3 rings (SSSR count). The molecule has 0 saturated heterocycles. The van der Waals surface area contributed by atoms with Crippen molar-refractivity contribution in [2.24, 2.45) is 0 Å². The molecule has 8 nitrogen and oxygen atoms in total. The van der Waals surface area contributed by atoms with Crippen LogP contribution in [-0.4, -0.2) is 58.2 Å². The van der Waals surface area contributed by atoms with E-state index in [1.807, 2.05) is 24.3 Å². The zero-order valence-corrected chi connectivity index (χ0v) is 17.9. The van der Waals surface area contributed by atoms with Crippen molar-refractivity contribution in [3.05, 3.63) is 54.1 Å². The second kappa shape index (κ2) is 8.97. The summed E-state index contributed by atoms with van der Waals surface area (Å²) in [6.07, 6.45) is 0. The average molecular weight is 436 g/mol. The van der Waals surface area contributed by atoms with Crippen LogP contribution in [0, 0.1) is 0 Å². The molecule has 1 aromatic heterocycles. The van der Waals surface area contributed by atoms with Crippen molar-refractivity contribution in [2.75, 3.05) is 39.3 Å². The second-order valence-corrected chi connectivity index (χ2v) is 8.98. The molecule has 0 N–H and O–H groups in total. The Bertz CT molecular complexity index is 1060. The Morgan fingerprint density at radius 3 is 2.41 bits per heavy atom. The summed E-state index contributed by atoms with van der Waals surface area (Å²) in [5, 5.41) is 0.559. The van der Waals surface area contributed by atoms with Crippen LogP contribution in [0.25, 0.3) is 10.2 Å². The number of carbonyl (C=O) groups is 1. The van der Waals surface area contributed by atoms with Crippen LogP contribution in [0.2, 0.25) is 0 Å². The summed E-state index contributed by atoms with van der Waals surface area (Å²) in [4.78, 5) is 24.0. The van der Waals surface area contributed by atoms with E-state index < -0.39 is 10.0 Å². The van der Waals surface area contributed by atoms with E-state index in [9.17, 15) is 13.2 Å². The third-order valence-corrected chi connectivity index (χ3v) is 7.03. The number of fused-ring (bicyclic) bond motifs is 1. The number of anilines is 1. The predicted octanol–water partition coefficient (Wildman–Crippen LogP) is 2.77. The topological polar surface area (TPSA) is 89.0 Å². The minimum atomic E-state index is -3.78. The van der Waals surface area contributed by atoms with Crippen molar-refractivity contribution in [1.29, 1.82) is 0 Å². The molecule has 0 aliphatic heterocycles. The number of thiazole rings is 1. The van der Waals surface area contributed by atoms with Gasteiger partial charge in [-0.25, -0.2) is 13.4 Å². The van der Waals surface area contributed by atoms with E-state index in [1.165, 1.54) is 49.8 Å². The lowest BCUT2D eigenvalue weighted by molar-refractivity contribution is -0.0258. The van der Waals surface area contributed by atoms with Gasteiger partial charge in [0.1, 0.15) is 0 Å². The first-order valence-corrected chi connectivity index (χ1v) is 10.9. The molecule has 0 aliphatic rings. The molecule has 1 amide bonds. The van der Waals surface area contributed by atoms with Gasteiger partial charge in [0.25, 0.3) is 15.9 Å². The highest BCUT2D eigenvalue weighted by Crippen LogP contribution is 2.29. The molecule has 0 fully saturated rings. The van der Waals surface area contributed by atoms with Crippen molar-refractivity contribution in [3.8, 4) is 0 Å². The third-order valence-electron chi connectivity index (χ3n) is 4.27. The lowest BCUT2D eigenvalue weighted by atomic mass is 10.2. The van der Waals surface area contributed by atoms with Crippen molar-refractivity contribution in [2.45, 2.75) is 4.90 Å². The number of benzene rings is 2. The number of hydrogen-bond donors (Lipinski definition) is 0. The molecule has 0 saturated carbocycles. The molecule has 2 aromatic carbocycles. The standard InChI is InChI=1S/C19H21N3O5S2/c1-21(27-3)29(24,25)15-10-8-14(9-11-15)18(23)22(12-13-26-2)19-20-16-6-4-5-7-17(16)28-19/h4-11H,12-13H2,1-3H3. The Balaban J connectivity index is 1.92. The van der Waals surface area contributed by atoms with E-state index in [0.29, 0.717) is 23.8 Å². The second-order valence-electron chi connectivity index (χ2n) is 6.04. The molecule has 0 spiro atoms. The third kappa shape index (κ3) is 4.46. The summed E-state index contributed by atoms with van der Waals surface area (Å²) >= 11 is 1.41. The zero-order valence-electron chi connectivity index (χ0n) is 16.2. The number of ether oxygens (including phenoxy) is 1. The van der Waals surface area contributed by atoms with E-state index >= 15 is 0 Å². The first-order chi connectivity index (χ1) is 13.9. The van der Waals surface area contributed by atoms with Gasteiger partial charge in [0.2, 0.25) is 0 Å². The van der Waals surface area contributed by atoms with Crippen LogP contribution < -0.4 is 4.90 Å². The van der Waals surface area contributed by atoms with Gasteiger partial charge in [-0.05, 0) is 36.4 Å². The highest BCUT2D eigenvalue weighted by Gasteiger charge is 2.24. The normalized spacial score (nSPS) is 11.9. The maximum absolute atomic E-state index is 13.1. The van der Waals surface area contributed by atoms with Gasteiger partial charge < -0.3 is 4.74 Å². The molecule has 0 atom stereocenters. The summed E-state index contributed by atoms with van der Waals surface area (Å²) in [5.41, 5.74) is 1.16. The van der Waals surface area contributed by atoms with E-state index in [2.05, 4.69) is 4.98 Å². The zero-order chi connectivity index (χ0) is 21.0. The number of sulfonamides is 1. The minimum Gasteiger partial charge on any atom is -0.383 e. The van der Waals surface area contributed by atoms with Crippen molar-refractivity contribution in [1.82, 2.24) is 9.45 Å². The maximum Gasteiger partial charge on any atom is 0.264 e. The first-order valence-electron chi connectivity index (χ1n) is 8.68. The molecule has 0 aliphatic carbocycles. The van der Waals surface area contributed by atoms with Crippen LogP contribution in [0.1, 0.15) is 10.4 Å². The molecule has 29 heavy (non-hydrogen) atoms. The number of amides is 1. The summed E-state index contributed by atoms with van der Waals surface area (Å²) in [6.45, 7) is 0.661.